The number of amides is 2. The highest BCUT2D eigenvalue weighted by molar-refractivity contribution is 5.99. The molecule has 2 aromatic rings. The summed E-state index contributed by atoms with van der Waals surface area (Å²) in [5, 5.41) is 14.5. The van der Waals surface area contributed by atoms with E-state index < -0.39 is 58.1 Å². The Kier molecular flexibility index (Phi) is 5.35. The number of nitrogens with one attached hydrogen (secondary N) is 1. The van der Waals surface area contributed by atoms with E-state index in [2.05, 4.69) is 5.32 Å². The van der Waals surface area contributed by atoms with Gasteiger partial charge in [0.05, 0.1) is 0 Å². The molecule has 0 aliphatic carbocycles. The number of halogens is 3. The predicted octanol–water partition coefficient (Wildman–Crippen LogP) is 1.82. The van der Waals surface area contributed by atoms with Crippen LogP contribution in [0.2, 0.25) is 0 Å². The number of hydrogen-bond acceptors (Lipinski definition) is 5. The summed E-state index contributed by atoms with van der Waals surface area (Å²) in [6.45, 7) is 3.37. The van der Waals surface area contributed by atoms with Gasteiger partial charge in [0, 0.05) is 42.5 Å². The van der Waals surface area contributed by atoms with Crippen molar-refractivity contribution in [3.63, 3.8) is 0 Å². The third-order valence-corrected chi connectivity index (χ3v) is 6.02. The molecule has 2 unspecified atom stereocenters. The van der Waals surface area contributed by atoms with Gasteiger partial charge in [-0.25, -0.2) is 13.2 Å². The van der Waals surface area contributed by atoms with E-state index in [1.807, 2.05) is 13.8 Å². The molecule has 4 rings (SSSR count). The Hall–Kier alpha value is -3.50. The van der Waals surface area contributed by atoms with Crippen molar-refractivity contribution >= 4 is 11.8 Å². The molecule has 2 bridgehead atoms. The maximum atomic E-state index is 13.8. The molecular weight excluding hydrogens is 429 g/mol. The highest BCUT2D eigenvalue weighted by Crippen LogP contribution is 2.28. The van der Waals surface area contributed by atoms with Gasteiger partial charge >= 0.3 is 0 Å². The van der Waals surface area contributed by atoms with Crippen LogP contribution in [0.1, 0.15) is 53.1 Å². The summed E-state index contributed by atoms with van der Waals surface area (Å²) in [4.78, 5) is 39.8. The summed E-state index contributed by atoms with van der Waals surface area (Å²) < 4.78 is 42.1. The molecule has 1 aromatic heterocycles. The van der Waals surface area contributed by atoms with Crippen LogP contribution in [0.4, 0.5) is 13.2 Å². The lowest BCUT2D eigenvalue weighted by molar-refractivity contribution is 0.0627. The minimum Gasteiger partial charge on any atom is -0.502 e. The topological polar surface area (TPSA) is 94.9 Å². The Morgan fingerprint density at radius 1 is 1.12 bits per heavy atom. The average Bonchev–Trinajstić information content (AvgIpc) is 2.85. The molecule has 2 amide bonds. The molecule has 2 atom stereocenters. The van der Waals surface area contributed by atoms with Crippen molar-refractivity contribution in [3.05, 3.63) is 62.8 Å². The van der Waals surface area contributed by atoms with Gasteiger partial charge < -0.3 is 15.3 Å². The van der Waals surface area contributed by atoms with Gasteiger partial charge in [-0.1, -0.05) is 0 Å². The van der Waals surface area contributed by atoms with E-state index in [0.717, 1.165) is 19.0 Å². The zero-order valence-corrected chi connectivity index (χ0v) is 17.4. The lowest BCUT2D eigenvalue weighted by Crippen LogP contribution is -2.57. The van der Waals surface area contributed by atoms with Crippen LogP contribution in [-0.2, 0) is 6.54 Å². The Bertz CT molecular complexity index is 1160. The standard InChI is InChI=1S/C21H21F3N4O4/c1-10-3-4-11(2)28-9-26(10)21(32)17-19(30)18(29)14(8-27(17)28)20(31)25-7-13-15(23)5-12(22)6-16(13)24/h5-6,8,10-11,30H,3-4,7,9H2,1-2H3,(H,25,31). The van der Waals surface area contributed by atoms with E-state index in [4.69, 9.17) is 0 Å². The van der Waals surface area contributed by atoms with Crippen LogP contribution in [0.3, 0.4) is 0 Å². The van der Waals surface area contributed by atoms with Crippen molar-refractivity contribution < 1.29 is 27.9 Å². The van der Waals surface area contributed by atoms with Crippen LogP contribution in [-0.4, -0.2) is 45.2 Å². The van der Waals surface area contributed by atoms with E-state index in [1.54, 1.807) is 9.91 Å². The predicted molar refractivity (Wildman–Crippen MR) is 107 cm³/mol. The second-order valence-electron chi connectivity index (χ2n) is 8.08. The summed E-state index contributed by atoms with van der Waals surface area (Å²) >= 11 is 0. The monoisotopic (exact) mass is 450 g/mol. The van der Waals surface area contributed by atoms with Gasteiger partial charge in [-0.2, -0.15) is 0 Å². The Balaban J connectivity index is 1.70. The number of pyridine rings is 1. The maximum Gasteiger partial charge on any atom is 0.278 e. The highest BCUT2D eigenvalue weighted by Gasteiger charge is 2.39. The molecule has 11 heteroatoms. The smallest absolute Gasteiger partial charge is 0.278 e. The first-order chi connectivity index (χ1) is 15.1. The summed E-state index contributed by atoms with van der Waals surface area (Å²) in [5.74, 6) is -5.89. The second kappa shape index (κ2) is 7.88. The molecule has 0 saturated carbocycles. The van der Waals surface area contributed by atoms with Gasteiger partial charge in [-0.05, 0) is 26.7 Å². The molecule has 1 aromatic carbocycles. The minimum absolute atomic E-state index is 0.0606. The third-order valence-electron chi connectivity index (χ3n) is 6.02. The number of aromatic nitrogens is 1. The third kappa shape index (κ3) is 3.47. The van der Waals surface area contributed by atoms with E-state index in [9.17, 15) is 32.7 Å². The molecule has 8 nitrogen and oxygen atoms in total. The summed E-state index contributed by atoms with van der Waals surface area (Å²) in [6.07, 6.45) is 2.61. The quantitative estimate of drug-likeness (QED) is 0.744. The molecule has 3 heterocycles. The molecule has 2 aliphatic heterocycles. The van der Waals surface area contributed by atoms with Crippen LogP contribution in [0.5, 0.6) is 5.75 Å². The highest BCUT2D eigenvalue weighted by atomic mass is 19.1. The first-order valence-electron chi connectivity index (χ1n) is 10.1. The Morgan fingerprint density at radius 3 is 2.41 bits per heavy atom. The van der Waals surface area contributed by atoms with E-state index in [1.165, 1.54) is 4.68 Å². The van der Waals surface area contributed by atoms with Crippen molar-refractivity contribution in [3.8, 4) is 5.75 Å². The van der Waals surface area contributed by atoms with E-state index >= 15 is 0 Å². The number of benzene rings is 1. The maximum absolute atomic E-state index is 13.8. The normalized spacial score (nSPS) is 20.1. The van der Waals surface area contributed by atoms with Gasteiger partial charge in [-0.15, -0.1) is 0 Å². The summed E-state index contributed by atoms with van der Waals surface area (Å²) in [5.41, 5.74) is -2.40. The van der Waals surface area contributed by atoms with Crippen molar-refractivity contribution in [1.82, 2.24) is 14.9 Å². The summed E-state index contributed by atoms with van der Waals surface area (Å²) in [7, 11) is 0. The number of rotatable bonds is 3. The second-order valence-corrected chi connectivity index (χ2v) is 8.08. The van der Waals surface area contributed by atoms with Gasteiger partial charge in [0.15, 0.2) is 11.4 Å². The zero-order valence-electron chi connectivity index (χ0n) is 17.4. The Morgan fingerprint density at radius 2 is 1.75 bits per heavy atom. The van der Waals surface area contributed by atoms with Crippen LogP contribution in [0.15, 0.2) is 23.1 Å². The molecule has 2 N–H and O–H groups in total. The van der Waals surface area contributed by atoms with E-state index in [0.29, 0.717) is 12.1 Å². The molecule has 2 aliphatic rings. The number of carbonyl (C=O) groups excluding carboxylic acids is 2. The van der Waals surface area contributed by atoms with Gasteiger partial charge in [-0.3, -0.25) is 24.1 Å². The zero-order chi connectivity index (χ0) is 23.3. The Labute approximate surface area is 180 Å². The largest absolute Gasteiger partial charge is 0.502 e. The van der Waals surface area contributed by atoms with Crippen molar-refractivity contribution in [1.29, 1.82) is 0 Å². The lowest BCUT2D eigenvalue weighted by atomic mass is 10.1. The number of aromatic hydroxyl groups is 1. The molecule has 32 heavy (non-hydrogen) atoms. The minimum atomic E-state index is -1.19. The fourth-order valence-electron chi connectivity index (χ4n) is 4.06. The molecule has 1 saturated heterocycles. The van der Waals surface area contributed by atoms with Crippen LogP contribution >= 0.6 is 0 Å². The number of fused-ring (bicyclic) bond motifs is 4. The van der Waals surface area contributed by atoms with Crippen LogP contribution in [0, 0.1) is 17.5 Å². The SMILES string of the molecule is CC1CCC(C)N2CN1C(=O)c1c(O)c(=O)c(C(=O)NCc3c(F)cc(F)cc3F)cn12. The fraction of sp³-hybridized carbons (Fsp3) is 0.381. The van der Waals surface area contributed by atoms with Crippen molar-refractivity contribution in [2.45, 2.75) is 45.3 Å². The number of hydrogen-bond donors (Lipinski definition) is 2. The fourth-order valence-corrected chi connectivity index (χ4v) is 4.06. The average molecular weight is 450 g/mol. The first-order valence-corrected chi connectivity index (χ1v) is 10.1. The van der Waals surface area contributed by atoms with Gasteiger partial charge in [0.1, 0.15) is 29.7 Å². The van der Waals surface area contributed by atoms with Crippen LogP contribution < -0.4 is 15.8 Å². The molecule has 1 fully saturated rings. The molecule has 0 spiro atoms. The van der Waals surface area contributed by atoms with Crippen molar-refractivity contribution in [2.75, 3.05) is 11.7 Å². The molecular formula is C21H21F3N4O4. The van der Waals surface area contributed by atoms with Crippen molar-refractivity contribution in [2.24, 2.45) is 0 Å². The molecule has 0 radical (unpaired) electrons. The molecule has 170 valence electrons. The van der Waals surface area contributed by atoms with E-state index in [-0.39, 0.29) is 24.4 Å². The summed E-state index contributed by atoms with van der Waals surface area (Å²) in [6, 6.07) is 0.795. The first kappa shape index (κ1) is 21.7. The van der Waals surface area contributed by atoms with Gasteiger partial charge in [0.2, 0.25) is 5.43 Å². The van der Waals surface area contributed by atoms with Gasteiger partial charge in [0.25, 0.3) is 11.8 Å². The number of carbonyl (C=O) groups is 2. The van der Waals surface area contributed by atoms with Crippen LogP contribution in [0.25, 0.3) is 0 Å². The number of nitrogens with zero attached hydrogens (tertiary/aromatic N) is 3. The lowest BCUT2D eigenvalue weighted by Gasteiger charge is -2.41.